The maximum Gasteiger partial charge on any atom is 0.336 e. The highest BCUT2D eigenvalue weighted by atomic mass is 16.4. The lowest BCUT2D eigenvalue weighted by Crippen LogP contribution is -2.00. The van der Waals surface area contributed by atoms with Crippen LogP contribution in [0.25, 0.3) is 11.1 Å². The Labute approximate surface area is 191 Å². The number of anilines is 4. The van der Waals surface area contributed by atoms with E-state index in [1.165, 1.54) is 6.07 Å². The lowest BCUT2D eigenvalue weighted by molar-refractivity contribution is 0.0698. The first kappa shape index (κ1) is 22.8. The van der Waals surface area contributed by atoms with Gasteiger partial charge in [0.2, 0.25) is 0 Å². The van der Waals surface area contributed by atoms with E-state index in [-0.39, 0.29) is 5.56 Å². The van der Waals surface area contributed by atoms with Crippen molar-refractivity contribution >= 4 is 40.1 Å². The molecule has 8 nitrogen and oxygen atoms in total. The first-order chi connectivity index (χ1) is 15.8. The maximum atomic E-state index is 11.1. The van der Waals surface area contributed by atoms with Crippen LogP contribution in [0.3, 0.4) is 0 Å². The van der Waals surface area contributed by atoms with Crippen LogP contribution in [-0.2, 0) is 0 Å². The Morgan fingerprint density at radius 3 is 1.39 bits per heavy atom. The Kier molecular flexibility index (Phi) is 7.23. The van der Waals surface area contributed by atoms with Crippen LogP contribution in [0.15, 0.2) is 101 Å². The summed E-state index contributed by atoms with van der Waals surface area (Å²) >= 11 is 0. The highest BCUT2D eigenvalue weighted by Gasteiger charge is 2.11. The minimum atomic E-state index is -0.975. The first-order valence-corrected chi connectivity index (χ1v) is 9.93. The van der Waals surface area contributed by atoms with E-state index >= 15 is 0 Å². The molecule has 0 fully saturated rings. The minimum absolute atomic E-state index is 0.226. The standard InChI is InChI=1S/C13H12N2O2.C12H12N4/c14-9-3-1-8(2-4-9)12-7-10(15)5-6-11(12)13(16)17;13-9-1-5-11(6-2-9)15-16-12-7-3-10(14)4-8-12/h1-7H,14-15H2,(H,16,17);1-8H,13-14H2. The second-order valence-corrected chi connectivity index (χ2v) is 7.12. The number of azo groups is 1. The van der Waals surface area contributed by atoms with Crippen molar-refractivity contribution in [2.24, 2.45) is 10.2 Å². The third-order valence-corrected chi connectivity index (χ3v) is 4.56. The van der Waals surface area contributed by atoms with Gasteiger partial charge in [0.1, 0.15) is 0 Å². The molecule has 0 spiro atoms. The molecule has 0 aromatic heterocycles. The Balaban J connectivity index is 0.000000186. The molecule has 0 aliphatic rings. The fourth-order valence-corrected chi connectivity index (χ4v) is 2.85. The molecule has 4 aromatic rings. The van der Waals surface area contributed by atoms with Gasteiger partial charge in [0.15, 0.2) is 0 Å². The number of nitrogens with two attached hydrogens (primary N) is 4. The normalized spacial score (nSPS) is 10.4. The molecular weight excluding hydrogens is 416 g/mol. The van der Waals surface area contributed by atoms with Crippen molar-refractivity contribution < 1.29 is 9.90 Å². The number of carbonyl (C=O) groups is 1. The number of nitrogens with zero attached hydrogens (tertiary/aromatic N) is 2. The SMILES string of the molecule is Nc1ccc(-c2cc(N)ccc2C(=O)O)cc1.Nc1ccc(N=Nc2ccc(N)cc2)cc1. The first-order valence-electron chi connectivity index (χ1n) is 9.93. The van der Waals surface area contributed by atoms with Crippen LogP contribution in [0, 0.1) is 0 Å². The molecule has 4 aromatic carbocycles. The van der Waals surface area contributed by atoms with Crippen LogP contribution in [0.4, 0.5) is 34.1 Å². The molecule has 0 bridgehead atoms. The van der Waals surface area contributed by atoms with Crippen LogP contribution >= 0.6 is 0 Å². The Morgan fingerprint density at radius 2 is 0.970 bits per heavy atom. The molecule has 0 saturated carbocycles. The third-order valence-electron chi connectivity index (χ3n) is 4.56. The zero-order valence-electron chi connectivity index (χ0n) is 17.7. The van der Waals surface area contributed by atoms with Crippen LogP contribution in [0.5, 0.6) is 0 Å². The van der Waals surface area contributed by atoms with Crippen molar-refractivity contribution in [1.82, 2.24) is 0 Å². The van der Waals surface area contributed by atoms with E-state index in [1.54, 1.807) is 60.7 Å². The van der Waals surface area contributed by atoms with Gasteiger partial charge in [-0.25, -0.2) is 4.79 Å². The summed E-state index contributed by atoms with van der Waals surface area (Å²) in [7, 11) is 0. The Morgan fingerprint density at radius 1 is 0.576 bits per heavy atom. The van der Waals surface area contributed by atoms with Gasteiger partial charge < -0.3 is 28.0 Å². The number of rotatable bonds is 4. The highest BCUT2D eigenvalue weighted by molar-refractivity contribution is 5.97. The predicted molar refractivity (Wildman–Crippen MR) is 134 cm³/mol. The van der Waals surface area contributed by atoms with E-state index < -0.39 is 5.97 Å². The summed E-state index contributed by atoms with van der Waals surface area (Å²) in [5.41, 5.74) is 28.1. The van der Waals surface area contributed by atoms with Gasteiger partial charge in [0, 0.05) is 22.7 Å². The molecule has 166 valence electrons. The molecule has 33 heavy (non-hydrogen) atoms. The summed E-state index contributed by atoms with van der Waals surface area (Å²) in [6.45, 7) is 0. The summed E-state index contributed by atoms with van der Waals surface area (Å²) in [6.07, 6.45) is 0. The fourth-order valence-electron chi connectivity index (χ4n) is 2.85. The lowest BCUT2D eigenvalue weighted by Gasteiger charge is -2.07. The largest absolute Gasteiger partial charge is 0.478 e. The van der Waals surface area contributed by atoms with Crippen LogP contribution in [0.1, 0.15) is 10.4 Å². The molecule has 0 atom stereocenters. The number of hydrogen-bond acceptors (Lipinski definition) is 7. The average molecular weight is 441 g/mol. The molecule has 9 N–H and O–H groups in total. The van der Waals surface area contributed by atoms with Crippen molar-refractivity contribution in [3.05, 3.63) is 96.6 Å². The summed E-state index contributed by atoms with van der Waals surface area (Å²) in [6, 6.07) is 26.1. The number of benzene rings is 4. The molecular formula is C25H24N6O2. The summed E-state index contributed by atoms with van der Waals surface area (Å²) in [5, 5.41) is 17.3. The molecule has 0 aliphatic heterocycles. The zero-order valence-corrected chi connectivity index (χ0v) is 17.7. The van der Waals surface area contributed by atoms with E-state index in [0.29, 0.717) is 28.3 Å². The number of nitrogen functional groups attached to an aromatic ring is 4. The molecule has 0 heterocycles. The number of carboxylic acid groups (broad SMARTS) is 1. The predicted octanol–water partition coefficient (Wildman–Crippen LogP) is 5.48. The average Bonchev–Trinajstić information content (AvgIpc) is 2.80. The summed E-state index contributed by atoms with van der Waals surface area (Å²) < 4.78 is 0. The monoisotopic (exact) mass is 440 g/mol. The maximum absolute atomic E-state index is 11.1. The molecule has 0 saturated heterocycles. The van der Waals surface area contributed by atoms with E-state index in [0.717, 1.165) is 16.9 Å². The van der Waals surface area contributed by atoms with E-state index in [1.807, 2.05) is 24.3 Å². The topological polar surface area (TPSA) is 166 Å². The molecule has 0 aliphatic carbocycles. The quantitative estimate of drug-likeness (QED) is 0.208. The lowest BCUT2D eigenvalue weighted by atomic mass is 9.99. The minimum Gasteiger partial charge on any atom is -0.478 e. The molecule has 8 heteroatoms. The Hall–Kier alpha value is -4.85. The molecule has 0 radical (unpaired) electrons. The van der Waals surface area contributed by atoms with E-state index in [9.17, 15) is 4.79 Å². The van der Waals surface area contributed by atoms with Gasteiger partial charge >= 0.3 is 5.97 Å². The smallest absolute Gasteiger partial charge is 0.336 e. The van der Waals surface area contributed by atoms with Crippen LogP contribution in [-0.4, -0.2) is 11.1 Å². The number of aromatic carboxylic acids is 1. The van der Waals surface area contributed by atoms with Crippen LogP contribution < -0.4 is 22.9 Å². The van der Waals surface area contributed by atoms with E-state index in [2.05, 4.69) is 10.2 Å². The molecule has 4 rings (SSSR count). The highest BCUT2D eigenvalue weighted by Crippen LogP contribution is 2.27. The molecule has 0 unspecified atom stereocenters. The van der Waals surface area contributed by atoms with E-state index in [4.69, 9.17) is 28.0 Å². The van der Waals surface area contributed by atoms with Crippen molar-refractivity contribution in [1.29, 1.82) is 0 Å². The van der Waals surface area contributed by atoms with Crippen molar-refractivity contribution in [2.45, 2.75) is 0 Å². The number of hydrogen-bond donors (Lipinski definition) is 5. The van der Waals surface area contributed by atoms with Crippen molar-refractivity contribution in [3.63, 3.8) is 0 Å². The fraction of sp³-hybridized carbons (Fsp3) is 0. The summed E-state index contributed by atoms with van der Waals surface area (Å²) in [5.74, 6) is -0.975. The van der Waals surface area contributed by atoms with Crippen molar-refractivity contribution in [3.8, 4) is 11.1 Å². The van der Waals surface area contributed by atoms with Gasteiger partial charge in [0.05, 0.1) is 16.9 Å². The van der Waals surface area contributed by atoms with Gasteiger partial charge in [-0.05, 0) is 90.0 Å². The number of carboxylic acids is 1. The van der Waals surface area contributed by atoms with Crippen LogP contribution in [0.2, 0.25) is 0 Å². The third kappa shape index (κ3) is 6.56. The van der Waals surface area contributed by atoms with Crippen molar-refractivity contribution in [2.75, 3.05) is 22.9 Å². The van der Waals surface area contributed by atoms with Gasteiger partial charge in [-0.15, -0.1) is 0 Å². The molecule has 0 amide bonds. The second-order valence-electron chi connectivity index (χ2n) is 7.12. The second kappa shape index (κ2) is 10.5. The van der Waals surface area contributed by atoms with Gasteiger partial charge in [-0.2, -0.15) is 10.2 Å². The van der Waals surface area contributed by atoms with Gasteiger partial charge in [-0.1, -0.05) is 12.1 Å². The van der Waals surface area contributed by atoms with Gasteiger partial charge in [0.25, 0.3) is 0 Å². The Bertz CT molecular complexity index is 1200. The zero-order chi connectivity index (χ0) is 23.8. The summed E-state index contributed by atoms with van der Waals surface area (Å²) in [4.78, 5) is 11.1. The van der Waals surface area contributed by atoms with Gasteiger partial charge in [-0.3, -0.25) is 0 Å².